The van der Waals surface area contributed by atoms with Gasteiger partial charge in [-0.3, -0.25) is 9.59 Å². The second-order valence-electron chi connectivity index (χ2n) is 4.42. The molecule has 2 unspecified atom stereocenters. The third kappa shape index (κ3) is 3.98. The fourth-order valence-electron chi connectivity index (χ4n) is 2.15. The molecule has 6 heteroatoms. The second-order valence-corrected chi connectivity index (χ2v) is 4.42. The van der Waals surface area contributed by atoms with Crippen LogP contribution in [0.3, 0.4) is 0 Å². The Bertz CT molecular complexity index is 283. The van der Waals surface area contributed by atoms with E-state index in [0.29, 0.717) is 6.54 Å². The molecule has 0 aromatic carbocycles. The maximum absolute atomic E-state index is 12.0. The van der Waals surface area contributed by atoms with Crippen molar-refractivity contribution in [2.45, 2.75) is 44.2 Å². The van der Waals surface area contributed by atoms with Crippen molar-refractivity contribution in [3.63, 3.8) is 0 Å². The average Bonchev–Trinajstić information content (AvgIpc) is 2.51. The fraction of sp³-hybridized carbons (Fsp3) is 0.818. The van der Waals surface area contributed by atoms with Crippen LogP contribution in [0.5, 0.6) is 0 Å². The number of amides is 1. The van der Waals surface area contributed by atoms with Crippen molar-refractivity contribution < 1.29 is 19.8 Å². The summed E-state index contributed by atoms with van der Waals surface area (Å²) in [5.41, 5.74) is 5.56. The maximum Gasteiger partial charge on any atom is 0.305 e. The van der Waals surface area contributed by atoms with E-state index in [2.05, 4.69) is 0 Å². The normalized spacial score (nSPS) is 22.9. The highest BCUT2D eigenvalue weighted by Gasteiger charge is 2.29. The van der Waals surface area contributed by atoms with Crippen molar-refractivity contribution >= 4 is 11.9 Å². The van der Waals surface area contributed by atoms with Crippen LogP contribution in [0.15, 0.2) is 0 Å². The molecule has 1 saturated heterocycles. The van der Waals surface area contributed by atoms with E-state index in [0.717, 1.165) is 25.7 Å². The number of hydrogen-bond acceptors (Lipinski definition) is 4. The van der Waals surface area contributed by atoms with Crippen LogP contribution in [0.1, 0.15) is 32.1 Å². The zero-order chi connectivity index (χ0) is 12.8. The maximum atomic E-state index is 12.0. The van der Waals surface area contributed by atoms with Crippen LogP contribution in [0.2, 0.25) is 0 Å². The first-order valence-corrected chi connectivity index (χ1v) is 5.95. The van der Waals surface area contributed by atoms with Gasteiger partial charge in [0.25, 0.3) is 0 Å². The van der Waals surface area contributed by atoms with Crippen molar-refractivity contribution in [3.05, 3.63) is 0 Å². The summed E-state index contributed by atoms with van der Waals surface area (Å²) < 4.78 is 0. The fourth-order valence-corrected chi connectivity index (χ4v) is 2.15. The van der Waals surface area contributed by atoms with Gasteiger partial charge in [0.15, 0.2) is 0 Å². The molecular weight excluding hydrogens is 224 g/mol. The summed E-state index contributed by atoms with van der Waals surface area (Å²) in [5.74, 6) is -1.45. The molecule has 6 nitrogen and oxygen atoms in total. The number of nitrogens with two attached hydrogens (primary N) is 1. The molecule has 98 valence electrons. The quantitative estimate of drug-likeness (QED) is 0.621. The van der Waals surface area contributed by atoms with Crippen LogP contribution >= 0.6 is 0 Å². The smallest absolute Gasteiger partial charge is 0.305 e. The summed E-state index contributed by atoms with van der Waals surface area (Å²) >= 11 is 0. The Morgan fingerprint density at radius 2 is 2.06 bits per heavy atom. The summed E-state index contributed by atoms with van der Waals surface area (Å²) in [6.45, 7) is 0.461. The minimum atomic E-state index is -1.08. The number of likely N-dealkylation sites (tertiary alicyclic amines) is 1. The third-order valence-corrected chi connectivity index (χ3v) is 3.08. The average molecular weight is 244 g/mol. The number of carbonyl (C=O) groups excluding carboxylic acids is 1. The lowest BCUT2D eigenvalue weighted by Crippen LogP contribution is -2.50. The molecule has 1 heterocycles. The number of carboxylic acid groups (broad SMARTS) is 1. The van der Waals surface area contributed by atoms with Crippen LogP contribution in [0.25, 0.3) is 0 Å². The van der Waals surface area contributed by atoms with Gasteiger partial charge >= 0.3 is 5.97 Å². The first kappa shape index (κ1) is 13.9. The molecule has 1 rings (SSSR count). The molecule has 0 radical (unpaired) electrons. The predicted molar refractivity (Wildman–Crippen MR) is 61.3 cm³/mol. The van der Waals surface area contributed by atoms with Crippen LogP contribution in [0, 0.1) is 0 Å². The van der Waals surface area contributed by atoms with Crippen LogP contribution in [-0.2, 0) is 9.59 Å². The Balaban J connectivity index is 2.66. The summed E-state index contributed by atoms with van der Waals surface area (Å²) in [5, 5.41) is 17.9. The lowest BCUT2D eigenvalue weighted by Gasteiger charge is -2.30. The Labute approximate surface area is 100 Å². The van der Waals surface area contributed by atoms with Gasteiger partial charge in [0.05, 0.1) is 25.1 Å². The zero-order valence-corrected chi connectivity index (χ0v) is 9.84. The van der Waals surface area contributed by atoms with E-state index in [4.69, 9.17) is 10.8 Å². The summed E-state index contributed by atoms with van der Waals surface area (Å²) in [4.78, 5) is 24.0. The van der Waals surface area contributed by atoms with Gasteiger partial charge in [-0.25, -0.2) is 0 Å². The van der Waals surface area contributed by atoms with E-state index >= 15 is 0 Å². The minimum Gasteiger partial charge on any atom is -0.481 e. The van der Waals surface area contributed by atoms with Crippen LogP contribution in [0.4, 0.5) is 0 Å². The molecule has 0 saturated carbocycles. The molecule has 1 aliphatic heterocycles. The number of carbonyl (C=O) groups is 2. The Morgan fingerprint density at radius 3 is 2.65 bits per heavy atom. The highest BCUT2D eigenvalue weighted by atomic mass is 16.4. The van der Waals surface area contributed by atoms with E-state index in [9.17, 15) is 14.7 Å². The van der Waals surface area contributed by atoms with Crippen molar-refractivity contribution in [3.8, 4) is 0 Å². The van der Waals surface area contributed by atoms with Crippen molar-refractivity contribution in [1.82, 2.24) is 4.90 Å². The van der Waals surface area contributed by atoms with Gasteiger partial charge in [-0.05, 0) is 12.8 Å². The molecule has 1 fully saturated rings. The first-order chi connectivity index (χ1) is 8.06. The summed E-state index contributed by atoms with van der Waals surface area (Å²) in [6, 6.07) is -1.23. The van der Waals surface area contributed by atoms with E-state index in [1.54, 1.807) is 4.90 Å². The number of hydrogen-bond donors (Lipinski definition) is 3. The minimum absolute atomic E-state index is 0.0917. The van der Waals surface area contributed by atoms with Gasteiger partial charge in [0, 0.05) is 6.54 Å². The van der Waals surface area contributed by atoms with Gasteiger partial charge < -0.3 is 20.8 Å². The number of carboxylic acids is 1. The van der Waals surface area contributed by atoms with Gasteiger partial charge in [-0.1, -0.05) is 12.8 Å². The highest BCUT2D eigenvalue weighted by Crippen LogP contribution is 2.17. The number of aliphatic hydroxyl groups excluding tert-OH is 1. The summed E-state index contributed by atoms with van der Waals surface area (Å²) in [6.07, 6.45) is 3.26. The Kier molecular flexibility index (Phi) is 5.37. The van der Waals surface area contributed by atoms with E-state index in [1.165, 1.54) is 0 Å². The van der Waals surface area contributed by atoms with Gasteiger partial charge in [0.1, 0.15) is 0 Å². The standard InChI is InChI=1S/C11H20N2O4/c12-9(6-10(15)16)11(17)13-5-3-1-2-4-8(13)7-14/h8-9,14H,1-7,12H2,(H,15,16). The molecule has 1 aliphatic rings. The molecule has 0 spiro atoms. The largest absolute Gasteiger partial charge is 0.481 e. The molecule has 2 atom stereocenters. The molecule has 0 aromatic heterocycles. The lowest BCUT2D eigenvalue weighted by atomic mass is 10.1. The van der Waals surface area contributed by atoms with Crippen molar-refractivity contribution in [2.24, 2.45) is 5.73 Å². The van der Waals surface area contributed by atoms with E-state index in [1.807, 2.05) is 0 Å². The Morgan fingerprint density at radius 1 is 1.35 bits per heavy atom. The second kappa shape index (κ2) is 6.56. The van der Waals surface area contributed by atoms with Gasteiger partial charge in [0.2, 0.25) is 5.91 Å². The molecular formula is C11H20N2O4. The molecule has 17 heavy (non-hydrogen) atoms. The topological polar surface area (TPSA) is 104 Å². The summed E-state index contributed by atoms with van der Waals surface area (Å²) in [7, 11) is 0. The van der Waals surface area contributed by atoms with E-state index < -0.39 is 12.0 Å². The highest BCUT2D eigenvalue weighted by molar-refractivity contribution is 5.86. The molecule has 0 aromatic rings. The first-order valence-electron chi connectivity index (χ1n) is 5.95. The molecule has 0 aliphatic carbocycles. The lowest BCUT2D eigenvalue weighted by molar-refractivity contribution is -0.143. The van der Waals surface area contributed by atoms with Gasteiger partial charge in [-0.15, -0.1) is 0 Å². The zero-order valence-electron chi connectivity index (χ0n) is 9.84. The van der Waals surface area contributed by atoms with Crippen LogP contribution in [-0.4, -0.2) is 52.2 Å². The van der Waals surface area contributed by atoms with Gasteiger partial charge in [-0.2, -0.15) is 0 Å². The predicted octanol–water partition coefficient (Wildman–Crippen LogP) is -0.448. The number of nitrogens with zero attached hydrogens (tertiary/aromatic N) is 1. The van der Waals surface area contributed by atoms with Crippen molar-refractivity contribution in [1.29, 1.82) is 0 Å². The van der Waals surface area contributed by atoms with Crippen molar-refractivity contribution in [2.75, 3.05) is 13.2 Å². The number of aliphatic carboxylic acids is 1. The molecule has 1 amide bonds. The number of rotatable bonds is 4. The third-order valence-electron chi connectivity index (χ3n) is 3.08. The van der Waals surface area contributed by atoms with Crippen LogP contribution < -0.4 is 5.73 Å². The molecule has 0 bridgehead atoms. The SMILES string of the molecule is NC(CC(=O)O)C(=O)N1CCCCCC1CO. The molecule has 4 N–H and O–H groups in total. The number of aliphatic hydroxyl groups is 1. The monoisotopic (exact) mass is 244 g/mol. The Hall–Kier alpha value is -1.14. The van der Waals surface area contributed by atoms with E-state index in [-0.39, 0.29) is 25.0 Å².